The molecule has 0 bridgehead atoms. The number of hydrogen-bond acceptors (Lipinski definition) is 4. The Morgan fingerprint density at radius 2 is 2.12 bits per heavy atom. The summed E-state index contributed by atoms with van der Waals surface area (Å²) in [6.07, 6.45) is 8.03. The minimum atomic E-state index is 0.0971. The summed E-state index contributed by atoms with van der Waals surface area (Å²) >= 11 is 0. The molecule has 1 aliphatic heterocycles. The first-order chi connectivity index (χ1) is 11.6. The lowest BCUT2D eigenvalue weighted by molar-refractivity contribution is -0.134. The van der Waals surface area contributed by atoms with Crippen LogP contribution in [0, 0.1) is 11.3 Å². The van der Waals surface area contributed by atoms with E-state index in [2.05, 4.69) is 28.6 Å². The summed E-state index contributed by atoms with van der Waals surface area (Å²) < 4.78 is 7.27. The SMILES string of the molecule is COCC(=O)N1CC(c2nncn2CC(C)C)C2(CCCCC2)C1. The van der Waals surface area contributed by atoms with E-state index in [1.54, 1.807) is 7.11 Å². The largest absolute Gasteiger partial charge is 0.375 e. The summed E-state index contributed by atoms with van der Waals surface area (Å²) in [6, 6.07) is 0. The number of aromatic nitrogens is 3. The Hall–Kier alpha value is -1.43. The van der Waals surface area contributed by atoms with Crippen molar-refractivity contribution in [3.63, 3.8) is 0 Å². The third-order valence-corrected chi connectivity index (χ3v) is 5.64. The number of rotatable bonds is 5. The van der Waals surface area contributed by atoms with Gasteiger partial charge in [-0.15, -0.1) is 10.2 Å². The molecule has 2 fully saturated rings. The van der Waals surface area contributed by atoms with Gasteiger partial charge in [0.25, 0.3) is 0 Å². The maximum Gasteiger partial charge on any atom is 0.248 e. The number of carbonyl (C=O) groups excluding carboxylic acids is 1. The fourth-order valence-corrected chi connectivity index (χ4v) is 4.56. The molecular weight excluding hydrogens is 304 g/mol. The van der Waals surface area contributed by atoms with Gasteiger partial charge in [0.15, 0.2) is 0 Å². The molecule has 6 heteroatoms. The molecule has 1 aromatic heterocycles. The molecule has 24 heavy (non-hydrogen) atoms. The number of methoxy groups -OCH3 is 1. The van der Waals surface area contributed by atoms with Gasteiger partial charge in [0, 0.05) is 32.7 Å². The standard InChI is InChI=1S/C18H30N4O2/c1-14(2)9-22-13-19-20-17(22)15-10-21(16(23)11-24-3)12-18(15)7-5-4-6-8-18/h13-15H,4-12H2,1-3H3. The van der Waals surface area contributed by atoms with E-state index in [1.807, 2.05) is 11.2 Å². The highest BCUT2D eigenvalue weighted by Crippen LogP contribution is 2.51. The Balaban J connectivity index is 1.88. The lowest BCUT2D eigenvalue weighted by atomic mass is 9.67. The minimum Gasteiger partial charge on any atom is -0.375 e. The first kappa shape index (κ1) is 17.4. The molecule has 1 aliphatic carbocycles. The average molecular weight is 334 g/mol. The van der Waals surface area contributed by atoms with Crippen LogP contribution in [0.5, 0.6) is 0 Å². The van der Waals surface area contributed by atoms with Crippen molar-refractivity contribution in [2.75, 3.05) is 26.8 Å². The lowest BCUT2D eigenvalue weighted by Gasteiger charge is -2.37. The van der Waals surface area contributed by atoms with Crippen molar-refractivity contribution in [2.45, 2.75) is 58.4 Å². The zero-order chi connectivity index (χ0) is 17.2. The van der Waals surface area contributed by atoms with Gasteiger partial charge in [0.1, 0.15) is 18.8 Å². The molecule has 0 N–H and O–H groups in total. The predicted octanol–water partition coefficient (Wildman–Crippen LogP) is 2.46. The Kier molecular flexibility index (Phi) is 5.23. The molecule has 2 heterocycles. The topological polar surface area (TPSA) is 60.2 Å². The third kappa shape index (κ3) is 3.34. The van der Waals surface area contributed by atoms with Crippen LogP contribution in [0.1, 0.15) is 57.7 Å². The van der Waals surface area contributed by atoms with Gasteiger partial charge in [-0.2, -0.15) is 0 Å². The molecule has 1 atom stereocenters. The van der Waals surface area contributed by atoms with Gasteiger partial charge in [-0.1, -0.05) is 33.1 Å². The van der Waals surface area contributed by atoms with Crippen LogP contribution in [-0.2, 0) is 16.1 Å². The number of likely N-dealkylation sites (tertiary alicyclic amines) is 1. The lowest BCUT2D eigenvalue weighted by Crippen LogP contribution is -2.35. The highest BCUT2D eigenvalue weighted by atomic mass is 16.5. The van der Waals surface area contributed by atoms with E-state index < -0.39 is 0 Å². The molecule has 0 aromatic carbocycles. The molecule has 1 saturated heterocycles. The number of ether oxygens (including phenoxy) is 1. The molecule has 3 rings (SSSR count). The van der Waals surface area contributed by atoms with E-state index in [4.69, 9.17) is 4.74 Å². The fraction of sp³-hybridized carbons (Fsp3) is 0.833. The van der Waals surface area contributed by atoms with Crippen molar-refractivity contribution >= 4 is 5.91 Å². The van der Waals surface area contributed by atoms with Gasteiger partial charge in [-0.25, -0.2) is 0 Å². The molecule has 134 valence electrons. The average Bonchev–Trinajstić information content (AvgIpc) is 3.12. The van der Waals surface area contributed by atoms with Crippen molar-refractivity contribution < 1.29 is 9.53 Å². The molecule has 1 amide bonds. The van der Waals surface area contributed by atoms with Crippen molar-refractivity contribution in [3.8, 4) is 0 Å². The van der Waals surface area contributed by atoms with Gasteiger partial charge in [0.05, 0.1) is 0 Å². The van der Waals surface area contributed by atoms with Gasteiger partial charge >= 0.3 is 0 Å². The van der Waals surface area contributed by atoms with E-state index in [-0.39, 0.29) is 17.9 Å². The summed E-state index contributed by atoms with van der Waals surface area (Å²) in [6.45, 7) is 7.11. The quantitative estimate of drug-likeness (QED) is 0.830. The normalized spacial score (nSPS) is 23.3. The van der Waals surface area contributed by atoms with Gasteiger partial charge in [-0.05, 0) is 24.2 Å². The molecular formula is C18H30N4O2. The Bertz CT molecular complexity index is 563. The number of carbonyl (C=O) groups is 1. The monoisotopic (exact) mass is 334 g/mol. The molecule has 1 unspecified atom stereocenters. The van der Waals surface area contributed by atoms with Crippen molar-refractivity contribution in [2.24, 2.45) is 11.3 Å². The maximum absolute atomic E-state index is 12.4. The summed E-state index contributed by atoms with van der Waals surface area (Å²) in [5.41, 5.74) is 0.170. The number of amides is 1. The van der Waals surface area contributed by atoms with Crippen LogP contribution in [-0.4, -0.2) is 52.4 Å². The van der Waals surface area contributed by atoms with Crippen LogP contribution in [0.4, 0.5) is 0 Å². The Morgan fingerprint density at radius 3 is 2.79 bits per heavy atom. The molecule has 6 nitrogen and oxygen atoms in total. The number of nitrogens with zero attached hydrogens (tertiary/aromatic N) is 4. The van der Waals surface area contributed by atoms with Gasteiger partial charge in [-0.3, -0.25) is 4.79 Å². The van der Waals surface area contributed by atoms with Crippen LogP contribution < -0.4 is 0 Å². The minimum absolute atomic E-state index is 0.0971. The summed E-state index contributed by atoms with van der Waals surface area (Å²) in [4.78, 5) is 14.4. The summed E-state index contributed by atoms with van der Waals surface area (Å²) in [7, 11) is 1.58. The summed E-state index contributed by atoms with van der Waals surface area (Å²) in [5.74, 6) is 2.01. The van der Waals surface area contributed by atoms with Gasteiger partial charge in [0.2, 0.25) is 5.91 Å². The van der Waals surface area contributed by atoms with E-state index in [1.165, 1.54) is 32.1 Å². The van der Waals surface area contributed by atoms with E-state index in [0.29, 0.717) is 11.8 Å². The zero-order valence-corrected chi connectivity index (χ0v) is 15.2. The first-order valence-corrected chi connectivity index (χ1v) is 9.20. The Labute approximate surface area is 144 Å². The second-order valence-corrected chi connectivity index (χ2v) is 7.92. The molecule has 0 radical (unpaired) electrons. The molecule has 1 saturated carbocycles. The number of hydrogen-bond donors (Lipinski definition) is 0. The molecule has 1 aromatic rings. The van der Waals surface area contributed by atoms with E-state index in [0.717, 1.165) is 25.5 Å². The molecule has 1 spiro atoms. The van der Waals surface area contributed by atoms with Gasteiger partial charge < -0.3 is 14.2 Å². The van der Waals surface area contributed by atoms with Crippen LogP contribution >= 0.6 is 0 Å². The van der Waals surface area contributed by atoms with Crippen molar-refractivity contribution in [1.29, 1.82) is 0 Å². The van der Waals surface area contributed by atoms with Crippen LogP contribution in [0.15, 0.2) is 6.33 Å². The smallest absolute Gasteiger partial charge is 0.248 e. The first-order valence-electron chi connectivity index (χ1n) is 9.20. The van der Waals surface area contributed by atoms with Crippen LogP contribution in [0.25, 0.3) is 0 Å². The van der Waals surface area contributed by atoms with Crippen molar-refractivity contribution in [3.05, 3.63) is 12.2 Å². The zero-order valence-electron chi connectivity index (χ0n) is 15.2. The maximum atomic E-state index is 12.4. The van der Waals surface area contributed by atoms with Crippen LogP contribution in [0.3, 0.4) is 0 Å². The highest BCUT2D eigenvalue weighted by molar-refractivity contribution is 5.78. The second kappa shape index (κ2) is 7.21. The third-order valence-electron chi connectivity index (χ3n) is 5.64. The van der Waals surface area contributed by atoms with Crippen molar-refractivity contribution in [1.82, 2.24) is 19.7 Å². The van der Waals surface area contributed by atoms with Crippen LogP contribution in [0.2, 0.25) is 0 Å². The van der Waals surface area contributed by atoms with E-state index in [9.17, 15) is 4.79 Å². The fourth-order valence-electron chi connectivity index (χ4n) is 4.56. The highest BCUT2D eigenvalue weighted by Gasteiger charge is 2.50. The molecule has 2 aliphatic rings. The summed E-state index contributed by atoms with van der Waals surface area (Å²) in [5, 5.41) is 8.67. The van der Waals surface area contributed by atoms with E-state index >= 15 is 0 Å². The second-order valence-electron chi connectivity index (χ2n) is 7.92. The Morgan fingerprint density at radius 1 is 1.38 bits per heavy atom. The predicted molar refractivity (Wildman–Crippen MR) is 91.6 cm³/mol.